The molecule has 76 valence electrons. The van der Waals surface area contributed by atoms with Gasteiger partial charge >= 0.3 is 0 Å². The number of rotatable bonds is 3. The number of hydrogen-bond donors (Lipinski definition) is 1. The van der Waals surface area contributed by atoms with E-state index >= 15 is 0 Å². The van der Waals surface area contributed by atoms with Gasteiger partial charge in [0.1, 0.15) is 0 Å². The van der Waals surface area contributed by atoms with Crippen LogP contribution in [0.2, 0.25) is 0 Å². The molecule has 0 saturated heterocycles. The predicted octanol–water partition coefficient (Wildman–Crippen LogP) is 3.52. The van der Waals surface area contributed by atoms with Gasteiger partial charge in [-0.2, -0.15) is 0 Å². The fourth-order valence-electron chi connectivity index (χ4n) is 1.99. The highest BCUT2D eigenvalue weighted by molar-refractivity contribution is 5.58. The van der Waals surface area contributed by atoms with E-state index in [1.54, 1.807) is 0 Å². The van der Waals surface area contributed by atoms with Crippen LogP contribution in [0, 0.1) is 6.92 Å². The van der Waals surface area contributed by atoms with Crippen molar-refractivity contribution in [3.8, 4) is 0 Å². The first kappa shape index (κ1) is 9.57. The Balaban J connectivity index is 2.19. The molecule has 1 fully saturated rings. The Labute approximate surface area is 86.5 Å². The van der Waals surface area contributed by atoms with Gasteiger partial charge in [-0.25, -0.2) is 0 Å². The third kappa shape index (κ3) is 1.77. The van der Waals surface area contributed by atoms with Gasteiger partial charge in [0.25, 0.3) is 0 Å². The van der Waals surface area contributed by atoms with E-state index in [9.17, 15) is 0 Å². The number of para-hydroxylation sites is 1. The Morgan fingerprint density at radius 1 is 1.36 bits per heavy atom. The highest BCUT2D eigenvalue weighted by atomic mass is 14.9. The number of hydrogen-bond acceptors (Lipinski definition) is 1. The molecular formula is C13H19N. The van der Waals surface area contributed by atoms with E-state index in [-0.39, 0.29) is 0 Å². The molecule has 0 spiro atoms. The smallest absolute Gasteiger partial charge is 0.0404 e. The van der Waals surface area contributed by atoms with Gasteiger partial charge in [0.15, 0.2) is 0 Å². The van der Waals surface area contributed by atoms with Gasteiger partial charge in [-0.05, 0) is 43.7 Å². The molecular weight excluding hydrogens is 170 g/mol. The molecule has 14 heavy (non-hydrogen) atoms. The van der Waals surface area contributed by atoms with Crippen LogP contribution in [0.1, 0.15) is 37.3 Å². The first-order valence-electron chi connectivity index (χ1n) is 5.66. The predicted molar refractivity (Wildman–Crippen MR) is 61.8 cm³/mol. The van der Waals surface area contributed by atoms with Crippen LogP contribution in [0.3, 0.4) is 0 Å². The van der Waals surface area contributed by atoms with Crippen molar-refractivity contribution in [2.24, 2.45) is 0 Å². The van der Waals surface area contributed by atoms with Crippen LogP contribution >= 0.6 is 0 Å². The molecule has 0 bridgehead atoms. The summed E-state index contributed by atoms with van der Waals surface area (Å²) in [4.78, 5) is 0. The fraction of sp³-hybridized carbons (Fsp3) is 0.538. The van der Waals surface area contributed by atoms with Gasteiger partial charge in [0.2, 0.25) is 0 Å². The first-order chi connectivity index (χ1) is 6.81. The van der Waals surface area contributed by atoms with E-state index in [1.165, 1.54) is 36.1 Å². The molecule has 1 N–H and O–H groups in total. The average Bonchev–Trinajstić information content (AvgIpc) is 2.12. The van der Waals surface area contributed by atoms with Crippen molar-refractivity contribution >= 4 is 5.69 Å². The largest absolute Gasteiger partial charge is 0.382 e. The second-order valence-electron chi connectivity index (χ2n) is 4.23. The zero-order valence-corrected chi connectivity index (χ0v) is 9.14. The van der Waals surface area contributed by atoms with Crippen molar-refractivity contribution in [1.82, 2.24) is 0 Å². The van der Waals surface area contributed by atoms with Crippen LogP contribution in [-0.2, 0) is 6.42 Å². The van der Waals surface area contributed by atoms with E-state index in [0.29, 0.717) is 0 Å². The lowest BCUT2D eigenvalue weighted by atomic mass is 9.92. The summed E-state index contributed by atoms with van der Waals surface area (Å²) in [5, 5.41) is 3.67. The Kier molecular flexibility index (Phi) is 2.76. The molecule has 0 unspecified atom stereocenters. The summed E-state index contributed by atoms with van der Waals surface area (Å²) in [5.41, 5.74) is 4.23. The molecule has 2 rings (SSSR count). The second-order valence-corrected chi connectivity index (χ2v) is 4.23. The highest BCUT2D eigenvalue weighted by Crippen LogP contribution is 2.27. The van der Waals surface area contributed by atoms with Gasteiger partial charge in [0, 0.05) is 11.7 Å². The van der Waals surface area contributed by atoms with Crippen LogP contribution in [0.15, 0.2) is 18.2 Å². The van der Waals surface area contributed by atoms with Crippen molar-refractivity contribution in [3.63, 3.8) is 0 Å². The molecule has 0 aliphatic heterocycles. The topological polar surface area (TPSA) is 12.0 Å². The SMILES string of the molecule is CCc1cccc(C)c1NC1CCC1. The Morgan fingerprint density at radius 2 is 2.14 bits per heavy atom. The summed E-state index contributed by atoms with van der Waals surface area (Å²) in [6, 6.07) is 7.32. The van der Waals surface area contributed by atoms with Crippen LogP contribution < -0.4 is 5.32 Å². The molecule has 1 heteroatoms. The molecule has 0 atom stereocenters. The zero-order valence-electron chi connectivity index (χ0n) is 9.14. The van der Waals surface area contributed by atoms with Gasteiger partial charge in [-0.1, -0.05) is 25.1 Å². The van der Waals surface area contributed by atoms with Crippen molar-refractivity contribution in [1.29, 1.82) is 0 Å². The maximum atomic E-state index is 3.67. The lowest BCUT2D eigenvalue weighted by Gasteiger charge is -2.29. The number of nitrogens with one attached hydrogen (secondary N) is 1. The number of aryl methyl sites for hydroxylation is 2. The van der Waals surface area contributed by atoms with Crippen molar-refractivity contribution in [3.05, 3.63) is 29.3 Å². The lowest BCUT2D eigenvalue weighted by Crippen LogP contribution is -2.27. The normalized spacial score (nSPS) is 16.4. The van der Waals surface area contributed by atoms with E-state index in [2.05, 4.69) is 37.4 Å². The van der Waals surface area contributed by atoms with Crippen LogP contribution in [0.4, 0.5) is 5.69 Å². The molecule has 0 aromatic heterocycles. The Bertz CT molecular complexity index is 313. The van der Waals surface area contributed by atoms with Gasteiger partial charge in [-0.3, -0.25) is 0 Å². The van der Waals surface area contributed by atoms with Gasteiger partial charge in [-0.15, -0.1) is 0 Å². The monoisotopic (exact) mass is 189 g/mol. The minimum absolute atomic E-state index is 0.737. The fourth-order valence-corrected chi connectivity index (χ4v) is 1.99. The van der Waals surface area contributed by atoms with Crippen LogP contribution in [-0.4, -0.2) is 6.04 Å². The maximum Gasteiger partial charge on any atom is 0.0404 e. The molecule has 1 aliphatic carbocycles. The molecule has 1 aromatic carbocycles. The van der Waals surface area contributed by atoms with E-state index in [1.807, 2.05) is 0 Å². The maximum absolute atomic E-state index is 3.67. The summed E-state index contributed by atoms with van der Waals surface area (Å²) in [6.07, 6.45) is 5.21. The molecule has 1 nitrogen and oxygen atoms in total. The third-order valence-electron chi connectivity index (χ3n) is 3.19. The Morgan fingerprint density at radius 3 is 2.71 bits per heavy atom. The summed E-state index contributed by atoms with van der Waals surface area (Å²) < 4.78 is 0. The molecule has 0 amide bonds. The van der Waals surface area contributed by atoms with Crippen molar-refractivity contribution in [2.75, 3.05) is 5.32 Å². The van der Waals surface area contributed by atoms with Crippen LogP contribution in [0.25, 0.3) is 0 Å². The molecule has 0 heterocycles. The molecule has 0 radical (unpaired) electrons. The summed E-state index contributed by atoms with van der Waals surface area (Å²) in [7, 11) is 0. The van der Waals surface area contributed by atoms with Gasteiger partial charge < -0.3 is 5.32 Å². The van der Waals surface area contributed by atoms with Crippen LogP contribution in [0.5, 0.6) is 0 Å². The minimum Gasteiger partial charge on any atom is -0.382 e. The summed E-state index contributed by atoms with van der Waals surface area (Å²) in [5.74, 6) is 0. The molecule has 1 aliphatic rings. The standard InChI is InChI=1S/C13H19N/c1-3-11-7-4-6-10(2)13(11)14-12-8-5-9-12/h4,6-7,12,14H,3,5,8-9H2,1-2H3. The second kappa shape index (κ2) is 4.04. The summed E-state index contributed by atoms with van der Waals surface area (Å²) >= 11 is 0. The first-order valence-corrected chi connectivity index (χ1v) is 5.66. The highest BCUT2D eigenvalue weighted by Gasteiger charge is 2.18. The number of anilines is 1. The third-order valence-corrected chi connectivity index (χ3v) is 3.19. The molecule has 1 saturated carbocycles. The Hall–Kier alpha value is -0.980. The summed E-state index contributed by atoms with van der Waals surface area (Å²) in [6.45, 7) is 4.42. The van der Waals surface area contributed by atoms with Crippen molar-refractivity contribution < 1.29 is 0 Å². The average molecular weight is 189 g/mol. The lowest BCUT2D eigenvalue weighted by molar-refractivity contribution is 0.445. The van der Waals surface area contributed by atoms with Crippen molar-refractivity contribution in [2.45, 2.75) is 45.6 Å². The van der Waals surface area contributed by atoms with Gasteiger partial charge in [0.05, 0.1) is 0 Å². The minimum atomic E-state index is 0.737. The quantitative estimate of drug-likeness (QED) is 0.767. The molecule has 1 aromatic rings. The van der Waals surface area contributed by atoms with E-state index in [0.717, 1.165) is 12.5 Å². The van der Waals surface area contributed by atoms with E-state index in [4.69, 9.17) is 0 Å². The number of benzene rings is 1. The van der Waals surface area contributed by atoms with E-state index < -0.39 is 0 Å². The zero-order chi connectivity index (χ0) is 9.97.